The van der Waals surface area contributed by atoms with E-state index in [1.807, 2.05) is 32.9 Å². The van der Waals surface area contributed by atoms with E-state index in [0.29, 0.717) is 13.1 Å². The molecule has 1 aromatic heterocycles. The fraction of sp³-hybridized carbons (Fsp3) is 0.625. The number of carbonyl (C=O) groups excluding carboxylic acids is 1. The molecule has 1 amide bonds. The van der Waals surface area contributed by atoms with E-state index in [1.54, 1.807) is 13.3 Å². The first-order valence-corrected chi connectivity index (χ1v) is 7.85. The van der Waals surface area contributed by atoms with E-state index in [2.05, 4.69) is 20.5 Å². The first-order chi connectivity index (χ1) is 10.9. The van der Waals surface area contributed by atoms with E-state index in [9.17, 15) is 4.79 Å². The van der Waals surface area contributed by atoms with Gasteiger partial charge >= 0.3 is 6.09 Å². The molecule has 2 rings (SSSR count). The van der Waals surface area contributed by atoms with Crippen LogP contribution < -0.4 is 10.6 Å². The highest BCUT2D eigenvalue weighted by Crippen LogP contribution is 2.12. The predicted octanol–water partition coefficient (Wildman–Crippen LogP) is 1.95. The van der Waals surface area contributed by atoms with E-state index in [1.165, 1.54) is 0 Å². The Hall–Kier alpha value is -2.18. The van der Waals surface area contributed by atoms with Crippen LogP contribution in [0.25, 0.3) is 0 Å². The molecule has 0 aliphatic carbocycles. The summed E-state index contributed by atoms with van der Waals surface area (Å²) >= 11 is 0. The third-order valence-electron chi connectivity index (χ3n) is 3.42. The zero-order chi connectivity index (χ0) is 16.9. The van der Waals surface area contributed by atoms with Gasteiger partial charge in [0.15, 0.2) is 5.96 Å². The fourth-order valence-corrected chi connectivity index (χ4v) is 2.46. The van der Waals surface area contributed by atoms with E-state index < -0.39 is 5.60 Å². The lowest BCUT2D eigenvalue weighted by Gasteiger charge is -2.23. The second-order valence-corrected chi connectivity index (χ2v) is 6.56. The molecule has 0 aromatic carbocycles. The average molecular weight is 322 g/mol. The quantitative estimate of drug-likeness (QED) is 0.657. The van der Waals surface area contributed by atoms with Crippen LogP contribution in [0, 0.1) is 0 Å². The van der Waals surface area contributed by atoms with Gasteiger partial charge in [0.05, 0.1) is 18.8 Å². The van der Waals surface area contributed by atoms with Crippen LogP contribution in [0.3, 0.4) is 0 Å². The zero-order valence-corrected chi connectivity index (χ0v) is 14.3. The summed E-state index contributed by atoms with van der Waals surface area (Å²) in [5, 5.41) is 6.17. The summed E-state index contributed by atoms with van der Waals surface area (Å²) in [7, 11) is 1.75. The highest BCUT2D eigenvalue weighted by molar-refractivity contribution is 5.80. The minimum absolute atomic E-state index is 0.0620. The van der Waals surface area contributed by atoms with Crippen LogP contribution in [0.1, 0.15) is 33.0 Å². The molecule has 23 heavy (non-hydrogen) atoms. The van der Waals surface area contributed by atoms with Crippen molar-refractivity contribution >= 4 is 12.1 Å². The number of hydrogen-bond donors (Lipinski definition) is 2. The topological polar surface area (TPSA) is 79.1 Å². The Labute approximate surface area is 137 Å². The van der Waals surface area contributed by atoms with E-state index >= 15 is 0 Å². The average Bonchev–Trinajstić information content (AvgIpc) is 3.09. The molecular formula is C16H26N4O3. The number of nitrogens with zero attached hydrogens (tertiary/aromatic N) is 2. The van der Waals surface area contributed by atoms with Crippen LogP contribution in [0.4, 0.5) is 4.79 Å². The molecule has 7 nitrogen and oxygen atoms in total. The number of hydrogen-bond acceptors (Lipinski definition) is 4. The molecule has 7 heteroatoms. The van der Waals surface area contributed by atoms with Gasteiger partial charge in [-0.15, -0.1) is 0 Å². The lowest BCUT2D eigenvalue weighted by atomic mass is 10.2. The van der Waals surface area contributed by atoms with Gasteiger partial charge in [-0.1, -0.05) is 0 Å². The highest BCUT2D eigenvalue weighted by Gasteiger charge is 2.27. The second kappa shape index (κ2) is 7.39. The number of likely N-dealkylation sites (tertiary alicyclic amines) is 1. The van der Waals surface area contributed by atoms with Crippen molar-refractivity contribution in [2.75, 3.05) is 20.1 Å². The van der Waals surface area contributed by atoms with Gasteiger partial charge in [0.2, 0.25) is 0 Å². The van der Waals surface area contributed by atoms with Crippen LogP contribution in [-0.4, -0.2) is 48.7 Å². The molecule has 0 bridgehead atoms. The molecule has 1 aliphatic heterocycles. The maximum atomic E-state index is 11.8. The maximum Gasteiger partial charge on any atom is 0.407 e. The summed E-state index contributed by atoms with van der Waals surface area (Å²) in [5.74, 6) is 1.66. The highest BCUT2D eigenvalue weighted by atomic mass is 16.6. The van der Waals surface area contributed by atoms with Gasteiger partial charge in [0.25, 0.3) is 0 Å². The van der Waals surface area contributed by atoms with Gasteiger partial charge in [-0.05, 0) is 39.3 Å². The summed E-state index contributed by atoms with van der Waals surface area (Å²) < 4.78 is 10.6. The number of aliphatic imine (C=N–C) groups is 1. The van der Waals surface area contributed by atoms with Gasteiger partial charge < -0.3 is 24.7 Å². The molecule has 1 unspecified atom stereocenters. The third-order valence-corrected chi connectivity index (χ3v) is 3.42. The number of guanidine groups is 1. The lowest BCUT2D eigenvalue weighted by Crippen LogP contribution is -2.44. The summed E-state index contributed by atoms with van der Waals surface area (Å²) in [5.41, 5.74) is -0.483. The Morgan fingerprint density at radius 1 is 1.52 bits per heavy atom. The number of rotatable bonds is 3. The van der Waals surface area contributed by atoms with Crippen LogP contribution in [0.5, 0.6) is 0 Å². The Morgan fingerprint density at radius 2 is 2.30 bits per heavy atom. The molecule has 128 valence electrons. The molecule has 2 N–H and O–H groups in total. The Bertz CT molecular complexity index is 534. The van der Waals surface area contributed by atoms with E-state index in [0.717, 1.165) is 24.7 Å². The van der Waals surface area contributed by atoms with Gasteiger partial charge in [0, 0.05) is 20.1 Å². The summed E-state index contributed by atoms with van der Waals surface area (Å²) in [6, 6.07) is 3.83. The van der Waals surface area contributed by atoms with Crippen molar-refractivity contribution in [1.82, 2.24) is 15.5 Å². The fourth-order valence-electron chi connectivity index (χ4n) is 2.46. The normalized spacial score (nSPS) is 18.9. The van der Waals surface area contributed by atoms with Crippen LogP contribution in [0.2, 0.25) is 0 Å². The minimum Gasteiger partial charge on any atom is -0.467 e. The van der Waals surface area contributed by atoms with Gasteiger partial charge in [-0.2, -0.15) is 0 Å². The zero-order valence-electron chi connectivity index (χ0n) is 14.3. The van der Waals surface area contributed by atoms with Crippen LogP contribution in [-0.2, 0) is 11.3 Å². The number of amides is 1. The Kier molecular flexibility index (Phi) is 5.52. The predicted molar refractivity (Wildman–Crippen MR) is 88.3 cm³/mol. The molecule has 1 atom stereocenters. The number of carbonyl (C=O) groups is 1. The molecule has 0 spiro atoms. The van der Waals surface area contributed by atoms with Crippen molar-refractivity contribution < 1.29 is 13.9 Å². The molecule has 0 radical (unpaired) electrons. The molecule has 0 saturated carbocycles. The number of furan rings is 1. The molecule has 1 fully saturated rings. The van der Waals surface area contributed by atoms with E-state index in [-0.39, 0.29) is 12.1 Å². The van der Waals surface area contributed by atoms with Gasteiger partial charge in [-0.25, -0.2) is 4.79 Å². The largest absolute Gasteiger partial charge is 0.467 e. The van der Waals surface area contributed by atoms with Crippen molar-refractivity contribution in [1.29, 1.82) is 0 Å². The Morgan fingerprint density at radius 3 is 2.91 bits per heavy atom. The van der Waals surface area contributed by atoms with E-state index in [4.69, 9.17) is 9.15 Å². The number of nitrogens with one attached hydrogen (secondary N) is 2. The van der Waals surface area contributed by atoms with Crippen LogP contribution >= 0.6 is 0 Å². The van der Waals surface area contributed by atoms with Crippen molar-refractivity contribution in [3.63, 3.8) is 0 Å². The van der Waals surface area contributed by atoms with Gasteiger partial charge in [-0.3, -0.25) is 4.99 Å². The maximum absolute atomic E-state index is 11.8. The van der Waals surface area contributed by atoms with Gasteiger partial charge in [0.1, 0.15) is 11.4 Å². The summed E-state index contributed by atoms with van der Waals surface area (Å²) in [6.45, 7) is 7.69. The molecule has 1 aromatic rings. The number of ether oxygens (including phenoxy) is 1. The summed E-state index contributed by atoms with van der Waals surface area (Å²) in [6.07, 6.45) is 2.14. The van der Waals surface area contributed by atoms with Crippen molar-refractivity contribution in [3.05, 3.63) is 24.2 Å². The minimum atomic E-state index is -0.483. The lowest BCUT2D eigenvalue weighted by molar-refractivity contribution is 0.0507. The number of alkyl carbamates (subject to hydrolysis) is 1. The SMILES string of the molecule is CN=C(NCc1ccco1)N1CCC(NC(=O)OC(C)(C)C)C1. The smallest absolute Gasteiger partial charge is 0.407 e. The third kappa shape index (κ3) is 5.50. The standard InChI is InChI=1S/C16H26N4O3/c1-16(2,3)23-15(21)19-12-7-8-20(11-12)14(17-4)18-10-13-6-5-9-22-13/h5-6,9,12H,7-8,10-11H2,1-4H3,(H,17,18)(H,19,21). The second-order valence-electron chi connectivity index (χ2n) is 6.56. The monoisotopic (exact) mass is 322 g/mol. The Balaban J connectivity index is 1.79. The van der Waals surface area contributed by atoms with Crippen molar-refractivity contribution in [2.45, 2.75) is 45.4 Å². The molecular weight excluding hydrogens is 296 g/mol. The van der Waals surface area contributed by atoms with Crippen LogP contribution in [0.15, 0.2) is 27.8 Å². The summed E-state index contributed by atoms with van der Waals surface area (Å²) in [4.78, 5) is 18.2. The molecule has 2 heterocycles. The van der Waals surface area contributed by atoms with Crippen molar-refractivity contribution in [3.8, 4) is 0 Å². The first-order valence-electron chi connectivity index (χ1n) is 7.85. The first kappa shape index (κ1) is 17.2. The van der Waals surface area contributed by atoms with Crippen molar-refractivity contribution in [2.24, 2.45) is 4.99 Å². The molecule has 1 saturated heterocycles. The molecule has 1 aliphatic rings.